The molecule has 1 rings (SSSR count). The highest BCUT2D eigenvalue weighted by atomic mass is 16.4. The molecular formula is C11H14N2O3. The largest absolute Gasteiger partial charge is 0.477 e. The maximum atomic E-state index is 11.5. The van der Waals surface area contributed by atoms with Gasteiger partial charge in [0.25, 0.3) is 5.91 Å². The van der Waals surface area contributed by atoms with Gasteiger partial charge in [-0.3, -0.25) is 4.79 Å². The third kappa shape index (κ3) is 3.34. The molecule has 5 heteroatoms. The van der Waals surface area contributed by atoms with Gasteiger partial charge in [-0.2, -0.15) is 0 Å². The summed E-state index contributed by atoms with van der Waals surface area (Å²) >= 11 is 0. The van der Waals surface area contributed by atoms with Crippen molar-refractivity contribution in [1.29, 1.82) is 0 Å². The number of pyridine rings is 1. The Labute approximate surface area is 93.5 Å². The number of carbonyl (C=O) groups excluding carboxylic acids is 1. The van der Waals surface area contributed by atoms with Gasteiger partial charge in [-0.05, 0) is 18.6 Å². The van der Waals surface area contributed by atoms with Crippen LogP contribution in [0.4, 0.5) is 0 Å². The van der Waals surface area contributed by atoms with Crippen molar-refractivity contribution < 1.29 is 14.7 Å². The number of rotatable bonds is 5. The summed E-state index contributed by atoms with van der Waals surface area (Å²) in [6, 6.07) is 4.35. The zero-order chi connectivity index (χ0) is 12.0. The van der Waals surface area contributed by atoms with Crippen LogP contribution in [-0.4, -0.2) is 28.5 Å². The average Bonchev–Trinajstić information content (AvgIpc) is 2.29. The molecule has 0 aromatic carbocycles. The van der Waals surface area contributed by atoms with Gasteiger partial charge in [0, 0.05) is 6.54 Å². The second kappa shape index (κ2) is 5.85. The Balaban J connectivity index is 2.68. The van der Waals surface area contributed by atoms with Crippen molar-refractivity contribution in [2.24, 2.45) is 0 Å². The molecule has 1 aromatic heterocycles. The molecule has 0 fully saturated rings. The first kappa shape index (κ1) is 12.2. The second-order valence-corrected chi connectivity index (χ2v) is 3.32. The lowest BCUT2D eigenvalue weighted by atomic mass is 10.2. The molecule has 1 aromatic rings. The third-order valence-corrected chi connectivity index (χ3v) is 2.02. The first-order chi connectivity index (χ1) is 7.65. The van der Waals surface area contributed by atoms with Gasteiger partial charge in [0.1, 0.15) is 11.4 Å². The molecule has 0 saturated carbocycles. The first-order valence-corrected chi connectivity index (χ1v) is 5.13. The number of nitrogens with one attached hydrogen (secondary N) is 1. The number of aromatic carboxylic acids is 1. The summed E-state index contributed by atoms with van der Waals surface area (Å²) < 4.78 is 0. The Morgan fingerprint density at radius 2 is 2.06 bits per heavy atom. The van der Waals surface area contributed by atoms with E-state index in [1.165, 1.54) is 18.2 Å². The fourth-order valence-electron chi connectivity index (χ4n) is 1.15. The molecule has 0 atom stereocenters. The predicted octanol–water partition coefficient (Wildman–Crippen LogP) is 1.31. The number of carboxylic acid groups (broad SMARTS) is 1. The molecule has 1 heterocycles. The maximum Gasteiger partial charge on any atom is 0.354 e. The molecule has 0 spiro atoms. The second-order valence-electron chi connectivity index (χ2n) is 3.32. The number of amides is 1. The molecule has 16 heavy (non-hydrogen) atoms. The van der Waals surface area contributed by atoms with E-state index in [0.717, 1.165) is 12.8 Å². The van der Waals surface area contributed by atoms with Crippen molar-refractivity contribution in [3.8, 4) is 0 Å². The molecule has 1 amide bonds. The third-order valence-electron chi connectivity index (χ3n) is 2.02. The van der Waals surface area contributed by atoms with Gasteiger partial charge in [0.2, 0.25) is 0 Å². The summed E-state index contributed by atoms with van der Waals surface area (Å²) in [6.07, 6.45) is 1.88. The van der Waals surface area contributed by atoms with E-state index in [-0.39, 0.29) is 17.3 Å². The number of aromatic nitrogens is 1. The van der Waals surface area contributed by atoms with E-state index in [0.29, 0.717) is 6.54 Å². The van der Waals surface area contributed by atoms with Crippen LogP contribution < -0.4 is 5.32 Å². The van der Waals surface area contributed by atoms with E-state index in [9.17, 15) is 9.59 Å². The zero-order valence-electron chi connectivity index (χ0n) is 9.06. The molecule has 2 N–H and O–H groups in total. The Kier molecular flexibility index (Phi) is 4.44. The highest BCUT2D eigenvalue weighted by Gasteiger charge is 2.10. The van der Waals surface area contributed by atoms with Crippen molar-refractivity contribution in [1.82, 2.24) is 10.3 Å². The lowest BCUT2D eigenvalue weighted by Gasteiger charge is -2.03. The first-order valence-electron chi connectivity index (χ1n) is 5.13. The van der Waals surface area contributed by atoms with Crippen LogP contribution in [0.3, 0.4) is 0 Å². The summed E-state index contributed by atoms with van der Waals surface area (Å²) in [7, 11) is 0. The Morgan fingerprint density at radius 3 is 2.69 bits per heavy atom. The average molecular weight is 222 g/mol. The monoisotopic (exact) mass is 222 g/mol. The quantitative estimate of drug-likeness (QED) is 0.736. The summed E-state index contributed by atoms with van der Waals surface area (Å²) in [4.78, 5) is 25.9. The maximum absolute atomic E-state index is 11.5. The standard InChI is InChI=1S/C11H14N2O3/c1-2-3-7-12-10(14)8-5-4-6-9(13-8)11(15)16/h4-6H,2-3,7H2,1H3,(H,12,14)(H,15,16). The summed E-state index contributed by atoms with van der Waals surface area (Å²) in [5.41, 5.74) is 0.0131. The molecule has 0 aliphatic carbocycles. The number of nitrogens with zero attached hydrogens (tertiary/aromatic N) is 1. The van der Waals surface area contributed by atoms with E-state index in [4.69, 9.17) is 5.11 Å². The van der Waals surface area contributed by atoms with Gasteiger partial charge in [0.15, 0.2) is 0 Å². The lowest BCUT2D eigenvalue weighted by molar-refractivity contribution is 0.0690. The van der Waals surface area contributed by atoms with Crippen LogP contribution in [0.25, 0.3) is 0 Å². The van der Waals surface area contributed by atoms with Gasteiger partial charge < -0.3 is 10.4 Å². The Morgan fingerprint density at radius 1 is 1.38 bits per heavy atom. The number of hydrogen-bond donors (Lipinski definition) is 2. The molecule has 0 unspecified atom stereocenters. The van der Waals surface area contributed by atoms with Crippen LogP contribution >= 0.6 is 0 Å². The fourth-order valence-corrected chi connectivity index (χ4v) is 1.15. The van der Waals surface area contributed by atoms with Crippen molar-refractivity contribution in [3.63, 3.8) is 0 Å². The van der Waals surface area contributed by atoms with E-state index in [1.807, 2.05) is 6.92 Å². The van der Waals surface area contributed by atoms with Crippen LogP contribution in [0, 0.1) is 0 Å². The van der Waals surface area contributed by atoms with Crippen LogP contribution in [0.15, 0.2) is 18.2 Å². The van der Waals surface area contributed by atoms with Gasteiger partial charge >= 0.3 is 5.97 Å². The molecule has 0 aliphatic heterocycles. The topological polar surface area (TPSA) is 79.3 Å². The minimum atomic E-state index is -1.14. The van der Waals surface area contributed by atoms with Crippen molar-refractivity contribution in [2.75, 3.05) is 6.54 Å². The molecule has 0 bridgehead atoms. The van der Waals surface area contributed by atoms with Crippen LogP contribution in [0.2, 0.25) is 0 Å². The van der Waals surface area contributed by atoms with Crippen molar-refractivity contribution in [2.45, 2.75) is 19.8 Å². The zero-order valence-corrected chi connectivity index (χ0v) is 9.06. The SMILES string of the molecule is CCCCNC(=O)c1cccc(C(=O)O)n1. The summed E-state index contributed by atoms with van der Waals surface area (Å²) in [6.45, 7) is 2.60. The molecular weight excluding hydrogens is 208 g/mol. The van der Waals surface area contributed by atoms with E-state index in [1.54, 1.807) is 0 Å². The van der Waals surface area contributed by atoms with E-state index >= 15 is 0 Å². The van der Waals surface area contributed by atoms with Crippen molar-refractivity contribution in [3.05, 3.63) is 29.6 Å². The number of hydrogen-bond acceptors (Lipinski definition) is 3. The minimum absolute atomic E-state index is 0.122. The Bertz CT molecular complexity index is 391. The number of unbranched alkanes of at least 4 members (excludes halogenated alkanes) is 1. The smallest absolute Gasteiger partial charge is 0.354 e. The lowest BCUT2D eigenvalue weighted by Crippen LogP contribution is -2.25. The minimum Gasteiger partial charge on any atom is -0.477 e. The van der Waals surface area contributed by atoms with E-state index < -0.39 is 5.97 Å². The number of carboxylic acids is 1. The Hall–Kier alpha value is -1.91. The van der Waals surface area contributed by atoms with E-state index in [2.05, 4.69) is 10.3 Å². The molecule has 5 nitrogen and oxygen atoms in total. The van der Waals surface area contributed by atoms with Gasteiger partial charge in [-0.1, -0.05) is 19.4 Å². The van der Waals surface area contributed by atoms with Crippen molar-refractivity contribution >= 4 is 11.9 Å². The molecule has 0 aliphatic rings. The molecule has 0 saturated heterocycles. The summed E-state index contributed by atoms with van der Waals surface area (Å²) in [5, 5.41) is 11.4. The van der Waals surface area contributed by atoms with Crippen LogP contribution in [-0.2, 0) is 0 Å². The van der Waals surface area contributed by atoms with Gasteiger partial charge in [0.05, 0.1) is 0 Å². The van der Waals surface area contributed by atoms with Crippen LogP contribution in [0.1, 0.15) is 40.7 Å². The summed E-state index contributed by atoms with van der Waals surface area (Å²) in [5.74, 6) is -1.47. The molecule has 0 radical (unpaired) electrons. The highest BCUT2D eigenvalue weighted by Crippen LogP contribution is 1.99. The van der Waals surface area contributed by atoms with Gasteiger partial charge in [-0.15, -0.1) is 0 Å². The predicted molar refractivity (Wildman–Crippen MR) is 58.4 cm³/mol. The highest BCUT2D eigenvalue weighted by molar-refractivity contribution is 5.94. The van der Waals surface area contributed by atoms with Crippen LogP contribution in [0.5, 0.6) is 0 Å². The normalized spacial score (nSPS) is 9.81. The number of carbonyl (C=O) groups is 2. The molecule has 86 valence electrons. The fraction of sp³-hybridized carbons (Fsp3) is 0.364. The van der Waals surface area contributed by atoms with Gasteiger partial charge in [-0.25, -0.2) is 9.78 Å².